The quantitative estimate of drug-likeness (QED) is 0.254. The number of nitrogens with two attached hydrogens (primary N) is 1. The fourth-order valence-electron chi connectivity index (χ4n) is 4.63. The Morgan fingerprint density at radius 2 is 1.38 bits per heavy atom. The average molecular weight is 515 g/mol. The second kappa shape index (κ2) is 12.3. The van der Waals surface area contributed by atoms with Gasteiger partial charge in [-0.1, -0.05) is 108 Å². The molecule has 2 unspecified atom stereocenters. The first-order valence-corrected chi connectivity index (χ1v) is 14.0. The molecule has 0 fully saturated rings. The Kier molecular flexibility index (Phi) is 8.90. The smallest absolute Gasteiger partial charge is 0.238 e. The fraction of sp³-hybridized carbons (Fsp3) is 0.226. The predicted molar refractivity (Wildman–Crippen MR) is 149 cm³/mol. The van der Waals surface area contributed by atoms with Crippen LogP contribution in [0.3, 0.4) is 0 Å². The number of benzene rings is 4. The molecule has 3 N–H and O–H groups in total. The molecule has 0 amide bonds. The van der Waals surface area contributed by atoms with E-state index < -0.39 is 10.0 Å². The first kappa shape index (κ1) is 26.8. The third-order valence-corrected chi connectivity index (χ3v) is 7.44. The molecule has 0 saturated heterocycles. The summed E-state index contributed by atoms with van der Waals surface area (Å²) >= 11 is 0. The van der Waals surface area contributed by atoms with Crippen molar-refractivity contribution in [2.75, 3.05) is 13.2 Å². The molecule has 4 rings (SSSR count). The minimum absolute atomic E-state index is 0.144. The van der Waals surface area contributed by atoms with Crippen molar-refractivity contribution in [2.45, 2.75) is 37.3 Å². The van der Waals surface area contributed by atoms with Crippen molar-refractivity contribution in [3.63, 3.8) is 0 Å². The van der Waals surface area contributed by atoms with Crippen LogP contribution < -0.4 is 10.5 Å². The van der Waals surface area contributed by atoms with Gasteiger partial charge < -0.3 is 10.1 Å². The molecule has 4 aromatic rings. The van der Waals surface area contributed by atoms with Crippen molar-refractivity contribution < 1.29 is 13.2 Å². The Labute approximate surface area is 220 Å². The summed E-state index contributed by atoms with van der Waals surface area (Å²) in [5.74, 6) is -0.297. The van der Waals surface area contributed by atoms with E-state index in [1.165, 1.54) is 5.56 Å². The van der Waals surface area contributed by atoms with Gasteiger partial charge in [-0.15, -0.1) is 0 Å². The van der Waals surface area contributed by atoms with E-state index in [-0.39, 0.29) is 16.9 Å². The van der Waals surface area contributed by atoms with E-state index in [1.54, 1.807) is 12.1 Å². The van der Waals surface area contributed by atoms with Gasteiger partial charge in [-0.2, -0.15) is 0 Å². The molecule has 192 valence electrons. The zero-order chi connectivity index (χ0) is 26.3. The molecule has 37 heavy (non-hydrogen) atoms. The summed E-state index contributed by atoms with van der Waals surface area (Å²) in [5.41, 5.74) is 6.05. The second-order valence-electron chi connectivity index (χ2n) is 9.36. The molecule has 0 spiro atoms. The number of rotatable bonds is 11. The highest BCUT2D eigenvalue weighted by atomic mass is 32.2. The number of primary sulfonamides is 1. The normalized spacial score (nSPS) is 13.3. The summed E-state index contributed by atoms with van der Waals surface area (Å²) in [6, 6.07) is 33.5. The Balaban J connectivity index is 1.66. The van der Waals surface area contributed by atoms with Crippen molar-refractivity contribution in [1.82, 2.24) is 5.32 Å². The number of aryl methyl sites for hydroxylation is 2. The van der Waals surface area contributed by atoms with Gasteiger partial charge in [0.05, 0.1) is 18.1 Å². The summed E-state index contributed by atoms with van der Waals surface area (Å²) in [5, 5.41) is 9.36. The number of hydrogen-bond acceptors (Lipinski definition) is 4. The topological polar surface area (TPSA) is 81.4 Å². The second-order valence-corrected chi connectivity index (χ2v) is 10.9. The number of ether oxygens (including phenoxy) is 1. The lowest BCUT2D eigenvalue weighted by molar-refractivity contribution is 0.120. The van der Waals surface area contributed by atoms with E-state index >= 15 is 0 Å². The van der Waals surface area contributed by atoms with Gasteiger partial charge in [0.1, 0.15) is 0 Å². The molecular formula is C31H34N2O3S. The first-order valence-electron chi connectivity index (χ1n) is 12.4. The van der Waals surface area contributed by atoms with E-state index in [0.717, 1.165) is 22.3 Å². The van der Waals surface area contributed by atoms with Gasteiger partial charge in [-0.05, 0) is 42.2 Å². The minimum Gasteiger partial charge on any atom is -0.375 e. The Bertz CT molecular complexity index is 1390. The largest absolute Gasteiger partial charge is 0.375 e. The molecule has 0 heterocycles. The highest BCUT2D eigenvalue weighted by Crippen LogP contribution is 2.39. The Hall–Kier alpha value is -3.29. The Morgan fingerprint density at radius 3 is 2.00 bits per heavy atom. The summed E-state index contributed by atoms with van der Waals surface area (Å²) in [6.45, 7) is 5.66. The molecule has 0 saturated carbocycles. The van der Waals surface area contributed by atoms with Crippen molar-refractivity contribution >= 4 is 10.0 Å². The van der Waals surface area contributed by atoms with Crippen LogP contribution in [0.15, 0.2) is 108 Å². The molecule has 5 nitrogen and oxygen atoms in total. The molecule has 0 bridgehead atoms. The van der Waals surface area contributed by atoms with Crippen LogP contribution in [-0.4, -0.2) is 21.6 Å². The van der Waals surface area contributed by atoms with Crippen LogP contribution in [-0.2, 0) is 21.4 Å². The first-order chi connectivity index (χ1) is 17.8. The molecule has 0 radical (unpaired) electrons. The molecular weight excluding hydrogens is 480 g/mol. The minimum atomic E-state index is -3.93. The van der Waals surface area contributed by atoms with Gasteiger partial charge in [0.25, 0.3) is 0 Å². The molecule has 0 aliphatic carbocycles. The summed E-state index contributed by atoms with van der Waals surface area (Å²) in [7, 11) is -3.93. The molecule has 0 aliphatic rings. The van der Waals surface area contributed by atoms with E-state index in [2.05, 4.69) is 48.6 Å². The van der Waals surface area contributed by atoms with Crippen LogP contribution in [0.2, 0.25) is 0 Å². The van der Waals surface area contributed by atoms with Crippen LogP contribution in [0, 0.1) is 13.8 Å². The number of sulfonamides is 1. The molecule has 0 aliphatic heterocycles. The van der Waals surface area contributed by atoms with E-state index in [0.29, 0.717) is 25.3 Å². The van der Waals surface area contributed by atoms with Crippen LogP contribution in [0.4, 0.5) is 0 Å². The lowest BCUT2D eigenvalue weighted by Gasteiger charge is -2.31. The maximum Gasteiger partial charge on any atom is 0.238 e. The van der Waals surface area contributed by atoms with Gasteiger partial charge in [0.15, 0.2) is 0 Å². The van der Waals surface area contributed by atoms with Gasteiger partial charge >= 0.3 is 0 Å². The fourth-order valence-corrected chi connectivity index (χ4v) is 5.40. The third kappa shape index (κ3) is 7.14. The van der Waals surface area contributed by atoms with Crippen molar-refractivity contribution in [3.05, 3.63) is 137 Å². The molecule has 6 heteroatoms. The van der Waals surface area contributed by atoms with Gasteiger partial charge in [-0.25, -0.2) is 13.6 Å². The monoisotopic (exact) mass is 514 g/mol. The molecule has 2 atom stereocenters. The zero-order valence-electron chi connectivity index (χ0n) is 21.3. The average Bonchev–Trinajstić information content (AvgIpc) is 2.89. The van der Waals surface area contributed by atoms with Gasteiger partial charge in [0, 0.05) is 18.5 Å². The predicted octanol–water partition coefficient (Wildman–Crippen LogP) is 5.63. The van der Waals surface area contributed by atoms with E-state index in [1.807, 2.05) is 61.5 Å². The molecule has 4 aromatic carbocycles. The third-order valence-electron chi connectivity index (χ3n) is 6.46. The summed E-state index contributed by atoms with van der Waals surface area (Å²) in [4.78, 5) is 0.144. The van der Waals surface area contributed by atoms with Crippen LogP contribution >= 0.6 is 0 Å². The number of nitrogens with one attached hydrogen (secondary N) is 1. The van der Waals surface area contributed by atoms with Gasteiger partial charge in [0.2, 0.25) is 10.0 Å². The summed E-state index contributed by atoms with van der Waals surface area (Å²) < 4.78 is 31.3. The van der Waals surface area contributed by atoms with Crippen molar-refractivity contribution in [3.8, 4) is 0 Å². The zero-order valence-corrected chi connectivity index (χ0v) is 22.1. The highest BCUT2D eigenvalue weighted by molar-refractivity contribution is 7.89. The van der Waals surface area contributed by atoms with Crippen LogP contribution in [0.1, 0.15) is 45.3 Å². The molecule has 0 aromatic heterocycles. The maximum absolute atomic E-state index is 12.7. The SMILES string of the molecule is Cc1ccc(COCCNC(c2ccccc2)C(c2ccccc2)c2cc(C)ccc2S(N)(=O)=O)cc1. The highest BCUT2D eigenvalue weighted by Gasteiger charge is 2.30. The summed E-state index contributed by atoms with van der Waals surface area (Å²) in [6.07, 6.45) is 0. The maximum atomic E-state index is 12.7. The lowest BCUT2D eigenvalue weighted by atomic mass is 9.81. The lowest BCUT2D eigenvalue weighted by Crippen LogP contribution is -2.32. The van der Waals surface area contributed by atoms with Crippen molar-refractivity contribution in [1.29, 1.82) is 0 Å². The van der Waals surface area contributed by atoms with Crippen LogP contribution in [0.5, 0.6) is 0 Å². The standard InChI is InChI=1S/C31H34N2O3S/c1-23-13-16-25(17-14-23)22-36-20-19-33-31(27-11-7-4-8-12-27)30(26-9-5-3-6-10-26)28-21-24(2)15-18-29(28)37(32,34)35/h3-18,21,30-31,33H,19-20,22H2,1-2H3,(H2,32,34,35). The van der Waals surface area contributed by atoms with E-state index in [9.17, 15) is 8.42 Å². The van der Waals surface area contributed by atoms with E-state index in [4.69, 9.17) is 9.88 Å². The van der Waals surface area contributed by atoms with Crippen LogP contribution in [0.25, 0.3) is 0 Å². The Morgan fingerprint density at radius 1 is 0.784 bits per heavy atom. The number of hydrogen-bond donors (Lipinski definition) is 2. The van der Waals surface area contributed by atoms with Crippen molar-refractivity contribution in [2.24, 2.45) is 5.14 Å². The van der Waals surface area contributed by atoms with Gasteiger partial charge in [-0.3, -0.25) is 0 Å².